The summed E-state index contributed by atoms with van der Waals surface area (Å²) in [6, 6.07) is 4.41. The number of benzene rings is 1. The Morgan fingerprint density at radius 3 is 2.33 bits per heavy atom. The fraction of sp³-hybridized carbons (Fsp3) is 0.667. The molecule has 1 heterocycles. The van der Waals surface area contributed by atoms with E-state index in [-0.39, 0.29) is 16.6 Å². The summed E-state index contributed by atoms with van der Waals surface area (Å²) in [4.78, 5) is 13.1. The van der Waals surface area contributed by atoms with Gasteiger partial charge in [0, 0.05) is 38.3 Å². The lowest BCUT2D eigenvalue weighted by atomic mass is 9.87. The Balaban J connectivity index is 1.82. The van der Waals surface area contributed by atoms with Crippen LogP contribution >= 0.6 is 0 Å². The highest BCUT2D eigenvalue weighted by molar-refractivity contribution is 7.89. The average molecular weight is 397 g/mol. The van der Waals surface area contributed by atoms with Crippen molar-refractivity contribution in [1.29, 1.82) is 0 Å². The third-order valence-electron chi connectivity index (χ3n) is 5.64. The van der Waals surface area contributed by atoms with Crippen LogP contribution in [0.1, 0.15) is 32.6 Å². The highest BCUT2D eigenvalue weighted by atomic mass is 32.2. The first-order valence-electron chi connectivity index (χ1n) is 9.51. The van der Waals surface area contributed by atoms with Gasteiger partial charge in [-0.05, 0) is 50.8 Å². The number of sulfonamides is 1. The predicted molar refractivity (Wildman–Crippen MR) is 104 cm³/mol. The van der Waals surface area contributed by atoms with Gasteiger partial charge >= 0.3 is 0 Å². The molecule has 150 valence electrons. The summed E-state index contributed by atoms with van der Waals surface area (Å²) < 4.78 is 27.1. The van der Waals surface area contributed by atoms with Crippen LogP contribution in [0.2, 0.25) is 0 Å². The van der Waals surface area contributed by atoms with E-state index >= 15 is 0 Å². The summed E-state index contributed by atoms with van der Waals surface area (Å²) >= 11 is 0. The average Bonchev–Trinajstić information content (AvgIpc) is 2.64. The molecule has 2 fully saturated rings. The molecule has 0 bridgehead atoms. The molecule has 1 saturated carbocycles. The topological polar surface area (TPSA) is 95.8 Å². The highest BCUT2D eigenvalue weighted by Crippen LogP contribution is 2.32. The van der Waals surface area contributed by atoms with E-state index in [9.17, 15) is 18.5 Å². The molecule has 0 aromatic heterocycles. The van der Waals surface area contributed by atoms with Gasteiger partial charge < -0.3 is 10.2 Å². The van der Waals surface area contributed by atoms with Crippen molar-refractivity contribution in [3.63, 3.8) is 0 Å². The van der Waals surface area contributed by atoms with E-state index in [4.69, 9.17) is 0 Å². The molecule has 1 aliphatic heterocycles. The molecule has 3 rings (SSSR count). The maximum Gasteiger partial charge on any atom is 0.293 e. The first kappa shape index (κ1) is 20.0. The summed E-state index contributed by atoms with van der Waals surface area (Å²) in [6.07, 6.45) is 4.14. The van der Waals surface area contributed by atoms with Gasteiger partial charge in [0.25, 0.3) is 5.69 Å². The first-order chi connectivity index (χ1) is 12.8. The molecule has 8 nitrogen and oxygen atoms in total. The largest absolute Gasteiger partial charge is 0.377 e. The second-order valence-corrected chi connectivity index (χ2v) is 9.68. The second kappa shape index (κ2) is 8.12. The van der Waals surface area contributed by atoms with Crippen molar-refractivity contribution >= 4 is 21.4 Å². The van der Waals surface area contributed by atoms with Crippen molar-refractivity contribution in [3.05, 3.63) is 28.3 Å². The maximum atomic E-state index is 12.9. The minimum Gasteiger partial charge on any atom is -0.377 e. The predicted octanol–water partition coefficient (Wildman–Crippen LogP) is 2.52. The van der Waals surface area contributed by atoms with Crippen LogP contribution in [0.3, 0.4) is 0 Å². The van der Waals surface area contributed by atoms with Gasteiger partial charge in [-0.3, -0.25) is 10.1 Å². The van der Waals surface area contributed by atoms with Crippen molar-refractivity contribution in [2.24, 2.45) is 5.92 Å². The number of anilines is 1. The number of hydrogen-bond acceptors (Lipinski definition) is 6. The van der Waals surface area contributed by atoms with E-state index in [1.54, 1.807) is 6.07 Å². The van der Waals surface area contributed by atoms with E-state index in [1.807, 2.05) is 7.05 Å². The van der Waals surface area contributed by atoms with Crippen molar-refractivity contribution in [3.8, 4) is 0 Å². The molecule has 27 heavy (non-hydrogen) atoms. The molecule has 0 unspecified atom stereocenters. The molecule has 0 radical (unpaired) electrons. The summed E-state index contributed by atoms with van der Waals surface area (Å²) in [5.41, 5.74) is 0.223. The zero-order chi connectivity index (χ0) is 19.6. The second-order valence-electron chi connectivity index (χ2n) is 7.74. The van der Waals surface area contributed by atoms with Crippen LogP contribution in [0, 0.1) is 16.0 Å². The van der Waals surface area contributed by atoms with Crippen molar-refractivity contribution in [1.82, 2.24) is 9.21 Å². The monoisotopic (exact) mass is 396 g/mol. The zero-order valence-electron chi connectivity index (χ0n) is 15.9. The lowest BCUT2D eigenvalue weighted by Crippen LogP contribution is -2.47. The van der Waals surface area contributed by atoms with Crippen LogP contribution in [0.15, 0.2) is 23.1 Å². The number of nitro groups is 1. The number of hydrogen-bond donors (Lipinski definition) is 1. The Labute approximate surface area is 160 Å². The van der Waals surface area contributed by atoms with Gasteiger partial charge in [0.05, 0.1) is 9.82 Å². The van der Waals surface area contributed by atoms with Gasteiger partial charge in [0.15, 0.2) is 0 Å². The van der Waals surface area contributed by atoms with Crippen molar-refractivity contribution < 1.29 is 13.3 Å². The summed E-state index contributed by atoms with van der Waals surface area (Å²) in [7, 11) is -1.78. The molecule has 1 aromatic carbocycles. The summed E-state index contributed by atoms with van der Waals surface area (Å²) in [5.74, 6) is 0.689. The molecule has 1 N–H and O–H groups in total. The molecular weight excluding hydrogens is 368 g/mol. The van der Waals surface area contributed by atoms with Crippen LogP contribution in [-0.2, 0) is 10.0 Å². The van der Waals surface area contributed by atoms with Gasteiger partial charge in [0.2, 0.25) is 10.0 Å². The Kier molecular flexibility index (Phi) is 6.02. The maximum absolute atomic E-state index is 12.9. The minimum atomic E-state index is -3.72. The molecule has 1 aromatic rings. The lowest BCUT2D eigenvalue weighted by Gasteiger charge is -2.31. The van der Waals surface area contributed by atoms with Crippen molar-refractivity contribution in [2.45, 2.75) is 43.5 Å². The van der Waals surface area contributed by atoms with E-state index in [0.29, 0.717) is 37.8 Å². The number of nitrogens with one attached hydrogen (secondary N) is 1. The molecule has 2 aliphatic rings. The number of nitro benzene ring substituents is 1. The third kappa shape index (κ3) is 4.59. The van der Waals surface area contributed by atoms with Gasteiger partial charge in [-0.15, -0.1) is 0 Å². The first-order valence-corrected chi connectivity index (χ1v) is 10.9. The van der Waals surface area contributed by atoms with E-state index in [0.717, 1.165) is 25.7 Å². The molecule has 0 spiro atoms. The van der Waals surface area contributed by atoms with E-state index in [2.05, 4.69) is 17.1 Å². The standard InChI is InChI=1S/C18H28N4O4S/c1-14-3-5-15(6-4-14)19-17-8-7-16(13-18(17)22(23)24)27(25,26)21-11-9-20(2)10-12-21/h7-8,13-15,19H,3-6,9-12H2,1-2H3. The van der Waals surface area contributed by atoms with E-state index in [1.165, 1.54) is 16.4 Å². The SMILES string of the molecule is CC1CCC(Nc2ccc(S(=O)(=O)N3CCN(C)CC3)cc2[N+](=O)[O-])CC1. The van der Waals surface area contributed by atoms with Crippen LogP contribution in [0.25, 0.3) is 0 Å². The molecule has 0 amide bonds. The van der Waals surface area contributed by atoms with Gasteiger partial charge in [-0.1, -0.05) is 6.92 Å². The van der Waals surface area contributed by atoms with Gasteiger partial charge in [-0.25, -0.2) is 8.42 Å². The normalized spacial score (nSPS) is 25.3. The minimum absolute atomic E-state index is 0.0124. The Morgan fingerprint density at radius 2 is 1.74 bits per heavy atom. The van der Waals surface area contributed by atoms with Crippen LogP contribution in [0.4, 0.5) is 11.4 Å². The van der Waals surface area contributed by atoms with E-state index < -0.39 is 14.9 Å². The fourth-order valence-corrected chi connectivity index (χ4v) is 5.19. The number of nitrogens with zero attached hydrogens (tertiary/aromatic N) is 3. The molecule has 1 aliphatic carbocycles. The molecular formula is C18H28N4O4S. The lowest BCUT2D eigenvalue weighted by molar-refractivity contribution is -0.384. The Hall–Kier alpha value is -1.71. The summed E-state index contributed by atoms with van der Waals surface area (Å²) in [6.45, 7) is 4.32. The van der Waals surface area contributed by atoms with Crippen molar-refractivity contribution in [2.75, 3.05) is 38.5 Å². The number of likely N-dealkylation sites (N-methyl/N-ethyl adjacent to an activating group) is 1. The smallest absolute Gasteiger partial charge is 0.293 e. The number of piperazine rings is 1. The van der Waals surface area contributed by atoms with Crippen LogP contribution < -0.4 is 5.32 Å². The zero-order valence-corrected chi connectivity index (χ0v) is 16.7. The Bertz CT molecular complexity index is 783. The molecule has 1 saturated heterocycles. The quantitative estimate of drug-likeness (QED) is 0.607. The van der Waals surface area contributed by atoms with Crippen LogP contribution in [0.5, 0.6) is 0 Å². The highest BCUT2D eigenvalue weighted by Gasteiger charge is 2.30. The van der Waals surface area contributed by atoms with Gasteiger partial charge in [-0.2, -0.15) is 4.31 Å². The van der Waals surface area contributed by atoms with Crippen LogP contribution in [-0.4, -0.2) is 61.8 Å². The fourth-order valence-electron chi connectivity index (χ4n) is 3.75. The molecule has 0 atom stereocenters. The molecule has 9 heteroatoms. The third-order valence-corrected chi connectivity index (χ3v) is 7.54. The summed E-state index contributed by atoms with van der Waals surface area (Å²) in [5, 5.41) is 14.8. The Morgan fingerprint density at radius 1 is 1.11 bits per heavy atom. The van der Waals surface area contributed by atoms with Gasteiger partial charge in [0.1, 0.15) is 5.69 Å². The number of rotatable bonds is 5.